The predicted molar refractivity (Wildman–Crippen MR) is 85.5 cm³/mol. The molecule has 0 amide bonds. The Morgan fingerprint density at radius 1 is 0.905 bits per heavy atom. The van der Waals surface area contributed by atoms with E-state index in [1.165, 1.54) is 70.6 Å². The maximum Gasteiger partial charge on any atom is 0.0627 e. The molecule has 0 aromatic carbocycles. The Hall–Kier alpha value is -0.510. The zero-order chi connectivity index (χ0) is 14.5. The molecule has 0 heterocycles. The van der Waals surface area contributed by atoms with Gasteiger partial charge in [-0.15, -0.1) is 0 Å². The number of nitriles is 1. The van der Waals surface area contributed by atoms with Crippen molar-refractivity contribution >= 4 is 0 Å². The van der Waals surface area contributed by atoms with Gasteiger partial charge in [-0.05, 0) is 85.9 Å². The second kappa shape index (κ2) is 5.00. The molecule has 6 atom stereocenters. The third-order valence-corrected chi connectivity index (χ3v) is 8.54. The lowest BCUT2D eigenvalue weighted by molar-refractivity contribution is -0.106. The van der Waals surface area contributed by atoms with Gasteiger partial charge in [-0.1, -0.05) is 26.2 Å². The molecule has 1 unspecified atom stereocenters. The minimum atomic E-state index is 0.438. The standard InChI is InChI=1S/C20H31N/c1-19-10-3-2-5-15(19)7-8-16-17(19)9-12-20(13-14-21)11-4-6-18(16)20/h15-18H,2-13H2,1H3/t15?,16-,17+,18+,19+,20+/m1/s1. The molecule has 0 N–H and O–H groups in total. The summed E-state index contributed by atoms with van der Waals surface area (Å²) in [6.45, 7) is 2.65. The number of rotatable bonds is 1. The summed E-state index contributed by atoms with van der Waals surface area (Å²) in [7, 11) is 0. The van der Waals surface area contributed by atoms with Crippen LogP contribution in [0.4, 0.5) is 0 Å². The molecule has 4 rings (SSSR count). The molecule has 0 aromatic rings. The molecule has 4 saturated carbocycles. The Morgan fingerprint density at radius 2 is 1.81 bits per heavy atom. The molecule has 0 saturated heterocycles. The highest BCUT2D eigenvalue weighted by molar-refractivity contribution is 5.09. The van der Waals surface area contributed by atoms with Crippen LogP contribution >= 0.6 is 0 Å². The van der Waals surface area contributed by atoms with Crippen LogP contribution in [0.2, 0.25) is 0 Å². The molecule has 4 aliphatic rings. The van der Waals surface area contributed by atoms with Crippen molar-refractivity contribution in [2.24, 2.45) is 34.5 Å². The van der Waals surface area contributed by atoms with Gasteiger partial charge in [-0.3, -0.25) is 0 Å². The number of nitrogens with zero attached hydrogens (tertiary/aromatic N) is 1. The van der Waals surface area contributed by atoms with Crippen molar-refractivity contribution in [3.8, 4) is 6.07 Å². The van der Waals surface area contributed by atoms with Gasteiger partial charge in [0.05, 0.1) is 6.07 Å². The monoisotopic (exact) mass is 285 g/mol. The topological polar surface area (TPSA) is 23.8 Å². The van der Waals surface area contributed by atoms with Crippen LogP contribution in [0.15, 0.2) is 0 Å². The van der Waals surface area contributed by atoms with Gasteiger partial charge in [0, 0.05) is 6.42 Å². The van der Waals surface area contributed by atoms with Crippen LogP contribution in [0.25, 0.3) is 0 Å². The van der Waals surface area contributed by atoms with Gasteiger partial charge in [-0.25, -0.2) is 0 Å². The fourth-order valence-corrected chi connectivity index (χ4v) is 7.55. The summed E-state index contributed by atoms with van der Waals surface area (Å²) in [6.07, 6.45) is 16.8. The molecule has 1 heteroatoms. The average molecular weight is 285 g/mol. The first-order valence-electron chi connectivity index (χ1n) is 9.57. The molecule has 0 bridgehead atoms. The molecular formula is C20H31N. The van der Waals surface area contributed by atoms with E-state index in [1.54, 1.807) is 0 Å². The SMILES string of the molecule is C[C@]12CCCCC1CC[C@H]1[C@@H]3CCC[C@@]3(CC#N)CC[C@@H]12. The maximum absolute atomic E-state index is 9.34. The van der Waals surface area contributed by atoms with Crippen LogP contribution in [0.5, 0.6) is 0 Å². The molecular weight excluding hydrogens is 254 g/mol. The van der Waals surface area contributed by atoms with E-state index >= 15 is 0 Å². The molecule has 21 heavy (non-hydrogen) atoms. The molecule has 0 spiro atoms. The molecule has 0 aliphatic heterocycles. The zero-order valence-corrected chi connectivity index (χ0v) is 13.7. The molecule has 0 radical (unpaired) electrons. The van der Waals surface area contributed by atoms with E-state index in [-0.39, 0.29) is 0 Å². The number of hydrogen-bond acceptors (Lipinski definition) is 1. The van der Waals surface area contributed by atoms with Gasteiger partial charge in [0.1, 0.15) is 0 Å². The summed E-state index contributed by atoms with van der Waals surface area (Å²) >= 11 is 0. The molecule has 1 nitrogen and oxygen atoms in total. The Labute approximate surface area is 130 Å². The summed E-state index contributed by atoms with van der Waals surface area (Å²) in [5, 5.41) is 9.34. The number of hydrogen-bond donors (Lipinski definition) is 0. The minimum Gasteiger partial charge on any atom is -0.198 e. The smallest absolute Gasteiger partial charge is 0.0627 e. The van der Waals surface area contributed by atoms with Crippen molar-refractivity contribution in [3.05, 3.63) is 0 Å². The van der Waals surface area contributed by atoms with Crippen molar-refractivity contribution in [2.45, 2.75) is 84.0 Å². The van der Waals surface area contributed by atoms with E-state index in [0.29, 0.717) is 10.8 Å². The first kappa shape index (κ1) is 14.1. The van der Waals surface area contributed by atoms with Crippen LogP contribution in [-0.2, 0) is 0 Å². The summed E-state index contributed by atoms with van der Waals surface area (Å²) < 4.78 is 0. The Balaban J connectivity index is 1.63. The zero-order valence-electron chi connectivity index (χ0n) is 13.7. The highest BCUT2D eigenvalue weighted by atomic mass is 14.6. The summed E-state index contributed by atoms with van der Waals surface area (Å²) in [5.41, 5.74) is 1.09. The lowest BCUT2D eigenvalue weighted by Gasteiger charge is -2.60. The molecule has 0 aromatic heterocycles. The molecule has 116 valence electrons. The van der Waals surface area contributed by atoms with Gasteiger partial charge in [0.15, 0.2) is 0 Å². The lowest BCUT2D eigenvalue weighted by atomic mass is 9.45. The van der Waals surface area contributed by atoms with Crippen molar-refractivity contribution in [3.63, 3.8) is 0 Å². The van der Waals surface area contributed by atoms with E-state index in [4.69, 9.17) is 0 Å². The first-order chi connectivity index (χ1) is 10.2. The van der Waals surface area contributed by atoms with Gasteiger partial charge in [0.2, 0.25) is 0 Å². The Bertz CT molecular complexity index is 449. The van der Waals surface area contributed by atoms with Crippen molar-refractivity contribution in [2.75, 3.05) is 0 Å². The van der Waals surface area contributed by atoms with Crippen LogP contribution in [0, 0.1) is 45.8 Å². The Morgan fingerprint density at radius 3 is 2.67 bits per heavy atom. The van der Waals surface area contributed by atoms with E-state index in [9.17, 15) is 5.26 Å². The van der Waals surface area contributed by atoms with Crippen LogP contribution in [0.3, 0.4) is 0 Å². The van der Waals surface area contributed by atoms with Crippen molar-refractivity contribution in [1.82, 2.24) is 0 Å². The van der Waals surface area contributed by atoms with Crippen molar-refractivity contribution < 1.29 is 0 Å². The highest BCUT2D eigenvalue weighted by Crippen LogP contribution is 2.66. The minimum absolute atomic E-state index is 0.438. The summed E-state index contributed by atoms with van der Waals surface area (Å²) in [5.74, 6) is 3.88. The van der Waals surface area contributed by atoms with Gasteiger partial charge < -0.3 is 0 Å². The van der Waals surface area contributed by atoms with E-state index < -0.39 is 0 Å². The van der Waals surface area contributed by atoms with Gasteiger partial charge in [-0.2, -0.15) is 5.26 Å². The van der Waals surface area contributed by atoms with Crippen LogP contribution < -0.4 is 0 Å². The van der Waals surface area contributed by atoms with E-state index in [0.717, 1.165) is 30.1 Å². The third-order valence-electron chi connectivity index (χ3n) is 8.54. The van der Waals surface area contributed by atoms with Crippen LogP contribution in [-0.4, -0.2) is 0 Å². The van der Waals surface area contributed by atoms with E-state index in [2.05, 4.69) is 13.0 Å². The largest absolute Gasteiger partial charge is 0.198 e. The van der Waals surface area contributed by atoms with E-state index in [1.807, 2.05) is 0 Å². The third kappa shape index (κ3) is 1.94. The lowest BCUT2D eigenvalue weighted by Crippen LogP contribution is -2.52. The number of fused-ring (bicyclic) bond motifs is 5. The van der Waals surface area contributed by atoms with Crippen LogP contribution in [0.1, 0.15) is 84.0 Å². The fraction of sp³-hybridized carbons (Fsp3) is 0.950. The summed E-state index contributed by atoms with van der Waals surface area (Å²) in [4.78, 5) is 0. The Kier molecular flexibility index (Phi) is 3.36. The van der Waals surface area contributed by atoms with Crippen molar-refractivity contribution in [1.29, 1.82) is 5.26 Å². The molecule has 4 fully saturated rings. The fourth-order valence-electron chi connectivity index (χ4n) is 7.55. The quantitative estimate of drug-likeness (QED) is 0.606. The highest BCUT2D eigenvalue weighted by Gasteiger charge is 2.58. The second-order valence-corrected chi connectivity index (χ2v) is 9.03. The predicted octanol–water partition coefficient (Wildman–Crippen LogP) is 5.70. The van der Waals surface area contributed by atoms with Gasteiger partial charge in [0.25, 0.3) is 0 Å². The van der Waals surface area contributed by atoms with Gasteiger partial charge >= 0.3 is 0 Å². The molecule has 4 aliphatic carbocycles. The maximum atomic E-state index is 9.34. The average Bonchev–Trinajstić information content (AvgIpc) is 2.91. The second-order valence-electron chi connectivity index (χ2n) is 9.03. The first-order valence-corrected chi connectivity index (χ1v) is 9.57. The summed E-state index contributed by atoms with van der Waals surface area (Å²) in [6, 6.07) is 2.56. The normalized spacial score (nSPS) is 52.4.